The molecule has 1 aromatic carbocycles. The Labute approximate surface area is 134 Å². The molecule has 126 valence electrons. The van der Waals surface area contributed by atoms with Crippen LogP contribution in [0.25, 0.3) is 0 Å². The van der Waals surface area contributed by atoms with E-state index in [0.29, 0.717) is 0 Å². The van der Waals surface area contributed by atoms with Crippen LogP contribution in [-0.2, 0) is 14.8 Å². The second kappa shape index (κ2) is 7.34. The Hall–Kier alpha value is -2.26. The smallest absolute Gasteiger partial charge is 0.322 e. The second-order valence-corrected chi connectivity index (χ2v) is 6.97. The molecular formula is C14H18N2O6S. The third kappa shape index (κ3) is 3.93. The zero-order valence-electron chi connectivity index (χ0n) is 12.7. The van der Waals surface area contributed by atoms with Crippen LogP contribution < -0.4 is 0 Å². The number of rotatable bonds is 8. The number of hydrogen-bond donors (Lipinski definition) is 1. The van der Waals surface area contributed by atoms with E-state index >= 15 is 0 Å². The lowest BCUT2D eigenvalue weighted by molar-refractivity contribution is -0.387. The molecule has 0 bridgehead atoms. The molecule has 1 aromatic rings. The van der Waals surface area contributed by atoms with Gasteiger partial charge in [-0.25, -0.2) is 8.42 Å². The first-order valence-electron chi connectivity index (χ1n) is 6.73. The zero-order valence-corrected chi connectivity index (χ0v) is 13.6. The van der Waals surface area contributed by atoms with Crippen LogP contribution in [0.15, 0.2) is 41.8 Å². The highest BCUT2D eigenvalue weighted by Gasteiger charge is 2.39. The van der Waals surface area contributed by atoms with Crippen molar-refractivity contribution in [3.05, 3.63) is 47.0 Å². The number of carboxylic acid groups (broad SMARTS) is 1. The van der Waals surface area contributed by atoms with Gasteiger partial charge in [0.05, 0.1) is 4.92 Å². The van der Waals surface area contributed by atoms with Crippen molar-refractivity contribution in [2.75, 3.05) is 6.54 Å². The van der Waals surface area contributed by atoms with Gasteiger partial charge in [0.2, 0.25) is 0 Å². The molecule has 1 atom stereocenters. The van der Waals surface area contributed by atoms with Gasteiger partial charge in [-0.15, -0.1) is 6.58 Å². The van der Waals surface area contributed by atoms with Crippen molar-refractivity contribution in [2.45, 2.75) is 24.8 Å². The van der Waals surface area contributed by atoms with Gasteiger partial charge in [0, 0.05) is 12.6 Å². The monoisotopic (exact) mass is 342 g/mol. The number of hydrogen-bond acceptors (Lipinski definition) is 5. The fourth-order valence-electron chi connectivity index (χ4n) is 2.18. The third-order valence-corrected chi connectivity index (χ3v) is 5.05. The highest BCUT2D eigenvalue weighted by molar-refractivity contribution is 7.89. The number of para-hydroxylation sites is 1. The summed E-state index contributed by atoms with van der Waals surface area (Å²) in [6, 6.07) is 3.47. The van der Waals surface area contributed by atoms with Crippen molar-refractivity contribution in [3.8, 4) is 0 Å². The molecule has 0 heterocycles. The highest BCUT2D eigenvalue weighted by atomic mass is 32.2. The zero-order chi connectivity index (χ0) is 17.8. The van der Waals surface area contributed by atoms with E-state index in [1.54, 1.807) is 13.8 Å². The van der Waals surface area contributed by atoms with Crippen LogP contribution in [0.2, 0.25) is 0 Å². The molecule has 23 heavy (non-hydrogen) atoms. The van der Waals surface area contributed by atoms with Crippen LogP contribution in [0.4, 0.5) is 5.69 Å². The number of nitro groups is 1. The number of carbonyl (C=O) groups is 1. The van der Waals surface area contributed by atoms with E-state index < -0.39 is 43.5 Å². The maximum atomic E-state index is 12.8. The maximum absolute atomic E-state index is 12.8. The fourth-order valence-corrected chi connectivity index (χ4v) is 4.03. The summed E-state index contributed by atoms with van der Waals surface area (Å²) in [5.74, 6) is -1.87. The Morgan fingerprint density at radius 2 is 2.00 bits per heavy atom. The molecule has 0 aliphatic carbocycles. The minimum atomic E-state index is -4.39. The minimum absolute atomic E-state index is 0.274. The number of nitrogens with zero attached hydrogens (tertiary/aromatic N) is 2. The summed E-state index contributed by atoms with van der Waals surface area (Å²) in [5.41, 5.74) is -0.602. The first-order chi connectivity index (χ1) is 10.6. The van der Waals surface area contributed by atoms with Crippen LogP contribution in [0.3, 0.4) is 0 Å². The van der Waals surface area contributed by atoms with E-state index in [2.05, 4.69) is 6.58 Å². The molecule has 1 unspecified atom stereocenters. The molecule has 0 saturated carbocycles. The molecular weight excluding hydrogens is 324 g/mol. The molecule has 8 nitrogen and oxygen atoms in total. The summed E-state index contributed by atoms with van der Waals surface area (Å²) >= 11 is 0. The van der Waals surface area contributed by atoms with Gasteiger partial charge < -0.3 is 5.11 Å². The standard InChI is InChI=1S/C14H18N2O6S/c1-4-9-15(13(10(2)3)14(17)18)23(21,22)12-8-6-5-7-11(12)16(19)20/h4-8,10,13H,1,9H2,2-3H3,(H,17,18). The van der Waals surface area contributed by atoms with Crippen LogP contribution in [0.1, 0.15) is 13.8 Å². The number of sulfonamides is 1. The van der Waals surface area contributed by atoms with Crippen LogP contribution in [-0.4, -0.2) is 41.3 Å². The van der Waals surface area contributed by atoms with Gasteiger partial charge in [0.25, 0.3) is 15.7 Å². The molecule has 0 radical (unpaired) electrons. The van der Waals surface area contributed by atoms with Crippen LogP contribution >= 0.6 is 0 Å². The van der Waals surface area contributed by atoms with Gasteiger partial charge >= 0.3 is 5.97 Å². The summed E-state index contributed by atoms with van der Waals surface area (Å²) in [7, 11) is -4.39. The summed E-state index contributed by atoms with van der Waals surface area (Å²) in [6.07, 6.45) is 1.24. The average molecular weight is 342 g/mol. The topological polar surface area (TPSA) is 118 Å². The Balaban J connectivity index is 3.56. The SMILES string of the molecule is C=CCN(C(C(=O)O)C(C)C)S(=O)(=O)c1ccccc1[N+](=O)[O-]. The molecule has 9 heteroatoms. The van der Waals surface area contributed by atoms with Crippen molar-refractivity contribution < 1.29 is 23.2 Å². The quantitative estimate of drug-likeness (QED) is 0.438. The Kier molecular flexibility index (Phi) is 5.99. The molecule has 0 fully saturated rings. The van der Waals surface area contributed by atoms with Gasteiger partial charge in [-0.1, -0.05) is 32.1 Å². The number of aliphatic carboxylic acids is 1. The van der Waals surface area contributed by atoms with Gasteiger partial charge in [-0.3, -0.25) is 14.9 Å². The van der Waals surface area contributed by atoms with Crippen molar-refractivity contribution in [3.63, 3.8) is 0 Å². The predicted molar refractivity (Wildman–Crippen MR) is 83.4 cm³/mol. The summed E-state index contributed by atoms with van der Waals surface area (Å²) in [6.45, 7) is 6.28. The number of nitro benzene ring substituents is 1. The lowest BCUT2D eigenvalue weighted by Gasteiger charge is -2.29. The molecule has 0 aliphatic rings. The Morgan fingerprint density at radius 1 is 1.43 bits per heavy atom. The van der Waals surface area contributed by atoms with Gasteiger partial charge in [0.1, 0.15) is 6.04 Å². The molecule has 0 spiro atoms. The van der Waals surface area contributed by atoms with Crippen molar-refractivity contribution in [1.82, 2.24) is 4.31 Å². The van der Waals surface area contributed by atoms with E-state index in [1.807, 2.05) is 0 Å². The molecule has 0 saturated heterocycles. The first-order valence-corrected chi connectivity index (χ1v) is 8.17. The largest absolute Gasteiger partial charge is 0.480 e. The summed E-state index contributed by atoms with van der Waals surface area (Å²) < 4.78 is 26.3. The second-order valence-electron chi connectivity index (χ2n) is 5.12. The summed E-state index contributed by atoms with van der Waals surface area (Å²) in [4.78, 5) is 21.2. The van der Waals surface area contributed by atoms with Crippen molar-refractivity contribution in [2.24, 2.45) is 5.92 Å². The summed E-state index contributed by atoms with van der Waals surface area (Å²) in [5, 5.41) is 20.4. The lowest BCUT2D eigenvalue weighted by atomic mass is 10.1. The lowest BCUT2D eigenvalue weighted by Crippen LogP contribution is -2.48. The Bertz CT molecular complexity index is 714. The molecule has 0 aromatic heterocycles. The van der Waals surface area contributed by atoms with Crippen LogP contribution in [0, 0.1) is 16.0 Å². The molecule has 0 aliphatic heterocycles. The minimum Gasteiger partial charge on any atom is -0.480 e. The molecule has 1 rings (SSSR count). The van der Waals surface area contributed by atoms with E-state index in [0.717, 1.165) is 16.4 Å². The average Bonchev–Trinajstić information content (AvgIpc) is 2.45. The Morgan fingerprint density at radius 3 is 2.43 bits per heavy atom. The van der Waals surface area contributed by atoms with Crippen molar-refractivity contribution >= 4 is 21.7 Å². The van der Waals surface area contributed by atoms with E-state index in [9.17, 15) is 28.4 Å². The van der Waals surface area contributed by atoms with Crippen molar-refractivity contribution in [1.29, 1.82) is 0 Å². The third-order valence-electron chi connectivity index (χ3n) is 3.15. The molecule has 1 N–H and O–H groups in total. The van der Waals surface area contributed by atoms with E-state index in [1.165, 1.54) is 18.2 Å². The number of benzene rings is 1. The van der Waals surface area contributed by atoms with Gasteiger partial charge in [-0.05, 0) is 12.0 Å². The number of carboxylic acids is 1. The predicted octanol–water partition coefficient (Wildman–Crippen LogP) is 1.88. The van der Waals surface area contributed by atoms with E-state index in [-0.39, 0.29) is 6.54 Å². The van der Waals surface area contributed by atoms with E-state index in [4.69, 9.17) is 0 Å². The molecule has 0 amide bonds. The van der Waals surface area contributed by atoms with Crippen LogP contribution in [0.5, 0.6) is 0 Å². The normalized spacial score (nSPS) is 13.0. The van der Waals surface area contributed by atoms with Gasteiger partial charge in [0.15, 0.2) is 4.90 Å². The maximum Gasteiger partial charge on any atom is 0.322 e. The highest BCUT2D eigenvalue weighted by Crippen LogP contribution is 2.29. The fraction of sp³-hybridized carbons (Fsp3) is 0.357. The first kappa shape index (κ1) is 18.8. The van der Waals surface area contributed by atoms with Gasteiger partial charge in [-0.2, -0.15) is 4.31 Å².